The van der Waals surface area contributed by atoms with Gasteiger partial charge in [0, 0.05) is 5.02 Å². The van der Waals surface area contributed by atoms with Gasteiger partial charge in [-0.3, -0.25) is 0 Å². The monoisotopic (exact) mass is 357 g/mol. The largest absolute Gasteiger partial charge is 0.303 e. The van der Waals surface area contributed by atoms with Gasteiger partial charge in [0.1, 0.15) is 0 Å². The Morgan fingerprint density at radius 2 is 1.44 bits per heavy atom. The molecule has 1 aliphatic heterocycles. The fraction of sp³-hybridized carbons (Fsp3) is 0.478. The van der Waals surface area contributed by atoms with Crippen LogP contribution in [0.4, 0.5) is 0 Å². The van der Waals surface area contributed by atoms with E-state index in [4.69, 9.17) is 11.6 Å². The third-order valence-corrected chi connectivity index (χ3v) is 4.94. The summed E-state index contributed by atoms with van der Waals surface area (Å²) in [5, 5.41) is 0.793. The highest BCUT2D eigenvalue weighted by Gasteiger charge is 2.08. The summed E-state index contributed by atoms with van der Waals surface area (Å²) in [5.41, 5.74) is 2.62. The molecule has 0 atom stereocenters. The first-order valence-corrected chi connectivity index (χ1v) is 10.2. The molecule has 0 amide bonds. The molecule has 136 valence electrons. The van der Waals surface area contributed by atoms with E-state index in [1.807, 2.05) is 18.2 Å². The maximum atomic E-state index is 5.81. The predicted molar refractivity (Wildman–Crippen MR) is 111 cm³/mol. The van der Waals surface area contributed by atoms with Gasteiger partial charge in [-0.2, -0.15) is 0 Å². The molecule has 0 spiro atoms. The number of hydrogen-bond acceptors (Lipinski definition) is 1. The van der Waals surface area contributed by atoms with E-state index in [9.17, 15) is 0 Å². The van der Waals surface area contributed by atoms with Gasteiger partial charge in [-0.15, -0.1) is 0 Å². The molecule has 0 unspecified atom stereocenters. The highest BCUT2D eigenvalue weighted by molar-refractivity contribution is 6.30. The molecule has 3 rings (SSSR count). The van der Waals surface area contributed by atoms with Crippen LogP contribution in [0.15, 0.2) is 54.6 Å². The second-order valence-corrected chi connectivity index (χ2v) is 7.33. The van der Waals surface area contributed by atoms with Gasteiger partial charge >= 0.3 is 0 Å². The van der Waals surface area contributed by atoms with Gasteiger partial charge in [-0.1, -0.05) is 80.3 Å². The summed E-state index contributed by atoms with van der Waals surface area (Å²) in [6, 6.07) is 18.4. The van der Waals surface area contributed by atoms with Gasteiger partial charge in [0.2, 0.25) is 0 Å². The van der Waals surface area contributed by atoms with Crippen molar-refractivity contribution in [2.75, 3.05) is 19.6 Å². The van der Waals surface area contributed by atoms with Crippen molar-refractivity contribution in [1.29, 1.82) is 0 Å². The van der Waals surface area contributed by atoms with Gasteiger partial charge in [0.15, 0.2) is 0 Å². The van der Waals surface area contributed by atoms with Gasteiger partial charge in [-0.25, -0.2) is 0 Å². The number of halogens is 1. The SMILES string of the molecule is CCCCCN1CCCCC1.Clc1ccc(Cc2ccccc2)cc1. The average Bonchev–Trinajstić information content (AvgIpc) is 2.66. The van der Waals surface area contributed by atoms with Crippen molar-refractivity contribution in [3.63, 3.8) is 0 Å². The second kappa shape index (κ2) is 12.1. The molecular formula is C23H32ClN. The minimum Gasteiger partial charge on any atom is -0.303 e. The molecule has 1 aliphatic rings. The average molecular weight is 358 g/mol. The highest BCUT2D eigenvalue weighted by atomic mass is 35.5. The number of benzene rings is 2. The molecule has 0 bridgehead atoms. The van der Waals surface area contributed by atoms with Crippen molar-refractivity contribution in [3.05, 3.63) is 70.7 Å². The van der Waals surface area contributed by atoms with Crippen molar-refractivity contribution in [3.8, 4) is 0 Å². The lowest BCUT2D eigenvalue weighted by Gasteiger charge is -2.26. The van der Waals surface area contributed by atoms with E-state index in [-0.39, 0.29) is 0 Å². The number of hydrogen-bond donors (Lipinski definition) is 0. The summed E-state index contributed by atoms with van der Waals surface area (Å²) in [6.07, 6.45) is 9.49. The van der Waals surface area contributed by atoms with Crippen LogP contribution in [0.5, 0.6) is 0 Å². The number of nitrogens with zero attached hydrogens (tertiary/aromatic N) is 1. The van der Waals surface area contributed by atoms with Gasteiger partial charge in [0.25, 0.3) is 0 Å². The minimum absolute atomic E-state index is 0.793. The van der Waals surface area contributed by atoms with Crippen LogP contribution >= 0.6 is 11.6 Å². The Balaban J connectivity index is 0.000000186. The maximum Gasteiger partial charge on any atom is 0.0406 e. The molecule has 0 saturated carbocycles. The third kappa shape index (κ3) is 8.56. The standard InChI is InChI=1S/C13H11Cl.C10H21N/c14-13-8-6-12(7-9-13)10-11-4-2-1-3-5-11;1-2-3-5-8-11-9-6-4-7-10-11/h1-9H,10H2;2-10H2,1H3. The fourth-order valence-electron chi connectivity index (χ4n) is 3.20. The summed E-state index contributed by atoms with van der Waals surface area (Å²) in [5.74, 6) is 0. The molecule has 2 heteroatoms. The molecule has 0 radical (unpaired) electrons. The quantitative estimate of drug-likeness (QED) is 0.527. The summed E-state index contributed by atoms with van der Waals surface area (Å²) in [7, 11) is 0. The van der Waals surface area contributed by atoms with E-state index in [2.05, 4.69) is 48.2 Å². The first-order chi connectivity index (χ1) is 12.3. The van der Waals surface area contributed by atoms with Gasteiger partial charge in [-0.05, 0) is 68.6 Å². The number of unbranched alkanes of at least 4 members (excludes halogenated alkanes) is 2. The topological polar surface area (TPSA) is 3.24 Å². The van der Waals surface area contributed by atoms with E-state index >= 15 is 0 Å². The summed E-state index contributed by atoms with van der Waals surface area (Å²) in [6.45, 7) is 6.36. The molecule has 1 fully saturated rings. The van der Waals surface area contributed by atoms with Crippen molar-refractivity contribution >= 4 is 11.6 Å². The van der Waals surface area contributed by atoms with Crippen LogP contribution in [-0.4, -0.2) is 24.5 Å². The Hall–Kier alpha value is -1.31. The molecule has 0 aliphatic carbocycles. The van der Waals surface area contributed by atoms with Crippen molar-refractivity contribution in [2.24, 2.45) is 0 Å². The third-order valence-electron chi connectivity index (χ3n) is 4.69. The molecular weight excluding hydrogens is 326 g/mol. The molecule has 0 N–H and O–H groups in total. The van der Waals surface area contributed by atoms with E-state index < -0.39 is 0 Å². The molecule has 0 aromatic heterocycles. The van der Waals surface area contributed by atoms with Crippen LogP contribution < -0.4 is 0 Å². The number of likely N-dealkylation sites (tertiary alicyclic amines) is 1. The van der Waals surface area contributed by atoms with E-state index in [0.717, 1.165) is 11.4 Å². The number of rotatable bonds is 6. The van der Waals surface area contributed by atoms with Crippen LogP contribution in [0.2, 0.25) is 5.02 Å². The van der Waals surface area contributed by atoms with Crippen LogP contribution in [0.25, 0.3) is 0 Å². The maximum absolute atomic E-state index is 5.81. The molecule has 1 nitrogen and oxygen atoms in total. The van der Waals surface area contributed by atoms with Crippen molar-refractivity contribution in [1.82, 2.24) is 4.90 Å². The van der Waals surface area contributed by atoms with Crippen molar-refractivity contribution < 1.29 is 0 Å². The summed E-state index contributed by atoms with van der Waals surface area (Å²) >= 11 is 5.81. The Morgan fingerprint density at radius 3 is 2.08 bits per heavy atom. The zero-order valence-corrected chi connectivity index (χ0v) is 16.3. The second-order valence-electron chi connectivity index (χ2n) is 6.90. The predicted octanol–water partition coefficient (Wildman–Crippen LogP) is 6.59. The van der Waals surface area contributed by atoms with Crippen LogP contribution in [0.3, 0.4) is 0 Å². The molecule has 1 saturated heterocycles. The Bertz CT molecular complexity index is 558. The van der Waals surface area contributed by atoms with Crippen LogP contribution in [0.1, 0.15) is 56.6 Å². The van der Waals surface area contributed by atoms with Gasteiger partial charge < -0.3 is 4.90 Å². The fourth-order valence-corrected chi connectivity index (χ4v) is 3.33. The molecule has 25 heavy (non-hydrogen) atoms. The summed E-state index contributed by atoms with van der Waals surface area (Å²) < 4.78 is 0. The minimum atomic E-state index is 0.793. The Morgan fingerprint density at radius 1 is 0.800 bits per heavy atom. The molecule has 1 heterocycles. The Labute approximate surface area is 159 Å². The smallest absolute Gasteiger partial charge is 0.0406 e. The molecule has 2 aromatic carbocycles. The zero-order chi connectivity index (χ0) is 17.7. The Kier molecular flexibility index (Phi) is 9.69. The van der Waals surface area contributed by atoms with E-state index in [1.54, 1.807) is 0 Å². The normalized spacial score (nSPS) is 14.6. The zero-order valence-electron chi connectivity index (χ0n) is 15.6. The van der Waals surface area contributed by atoms with Crippen LogP contribution in [-0.2, 0) is 6.42 Å². The van der Waals surface area contributed by atoms with E-state index in [0.29, 0.717) is 0 Å². The lowest BCUT2D eigenvalue weighted by atomic mass is 10.1. The first kappa shape index (κ1) is 20.0. The number of piperidine rings is 1. The molecule has 2 aromatic rings. The summed E-state index contributed by atoms with van der Waals surface area (Å²) in [4.78, 5) is 2.62. The first-order valence-electron chi connectivity index (χ1n) is 9.78. The lowest BCUT2D eigenvalue weighted by Crippen LogP contribution is -2.30. The van der Waals surface area contributed by atoms with Crippen molar-refractivity contribution in [2.45, 2.75) is 51.9 Å². The highest BCUT2D eigenvalue weighted by Crippen LogP contribution is 2.13. The van der Waals surface area contributed by atoms with E-state index in [1.165, 1.54) is 69.3 Å². The lowest BCUT2D eigenvalue weighted by molar-refractivity contribution is 0.224. The van der Waals surface area contributed by atoms with Crippen LogP contribution in [0, 0.1) is 0 Å². The van der Waals surface area contributed by atoms with Gasteiger partial charge in [0.05, 0.1) is 0 Å².